The van der Waals surface area contributed by atoms with E-state index >= 15 is 0 Å². The Morgan fingerprint density at radius 1 is 1.13 bits per heavy atom. The maximum absolute atomic E-state index is 13.6. The zero-order valence-electron chi connectivity index (χ0n) is 20.5. The second kappa shape index (κ2) is 12.0. The Bertz CT molecular complexity index is 1370. The van der Waals surface area contributed by atoms with E-state index in [-0.39, 0.29) is 30.8 Å². The van der Waals surface area contributed by atoms with Crippen molar-refractivity contribution in [2.75, 3.05) is 41.4 Å². The standard InChI is InChI=1S/C23H26F3N7O4S/c1-33(38(2,36)37)20-16(5-3-10-27-20)13-29-19-18(23(24,25)26)14-30-22(32-19)31-17-8-6-15(7-9-17)21(35)28-11-4-12-34/h3,5-10,14,34H,4,11-13H2,1-2H3,(H,28,35)(H2,29,30,31,32). The second-order valence-electron chi connectivity index (χ2n) is 8.06. The lowest BCUT2D eigenvalue weighted by Crippen LogP contribution is -2.27. The highest BCUT2D eigenvalue weighted by atomic mass is 32.2. The topological polar surface area (TPSA) is 149 Å². The van der Waals surface area contributed by atoms with E-state index in [1.54, 1.807) is 0 Å². The molecule has 3 rings (SSSR count). The van der Waals surface area contributed by atoms with Crippen molar-refractivity contribution in [2.45, 2.75) is 19.1 Å². The summed E-state index contributed by atoms with van der Waals surface area (Å²) in [4.78, 5) is 23.9. The fourth-order valence-corrected chi connectivity index (χ4v) is 3.67. The van der Waals surface area contributed by atoms with Gasteiger partial charge in [0, 0.05) is 56.0 Å². The van der Waals surface area contributed by atoms with Crippen molar-refractivity contribution in [3.63, 3.8) is 0 Å². The van der Waals surface area contributed by atoms with Gasteiger partial charge in [-0.1, -0.05) is 6.07 Å². The minimum Gasteiger partial charge on any atom is -0.396 e. The van der Waals surface area contributed by atoms with Gasteiger partial charge in [-0.2, -0.15) is 18.2 Å². The van der Waals surface area contributed by atoms with Gasteiger partial charge in [-0.25, -0.2) is 18.4 Å². The number of aliphatic hydroxyl groups excluding tert-OH is 1. The SMILES string of the molecule is CN(c1ncccc1CNc1nc(Nc2ccc(C(=O)NCCCO)cc2)ncc1C(F)(F)F)S(C)(=O)=O. The minimum atomic E-state index is -4.76. The van der Waals surface area contributed by atoms with Crippen LogP contribution in [0.15, 0.2) is 48.8 Å². The van der Waals surface area contributed by atoms with Crippen LogP contribution in [0.1, 0.15) is 27.9 Å². The summed E-state index contributed by atoms with van der Waals surface area (Å²) in [5.41, 5.74) is -0.00293. The molecule has 0 atom stereocenters. The first-order chi connectivity index (χ1) is 17.9. The molecule has 1 aromatic carbocycles. The zero-order chi connectivity index (χ0) is 27.9. The Balaban J connectivity index is 1.81. The molecule has 0 aliphatic rings. The van der Waals surface area contributed by atoms with E-state index in [2.05, 4.69) is 30.9 Å². The summed E-state index contributed by atoms with van der Waals surface area (Å²) >= 11 is 0. The maximum atomic E-state index is 13.6. The number of rotatable bonds is 11. The number of hydrogen-bond acceptors (Lipinski definition) is 9. The lowest BCUT2D eigenvalue weighted by molar-refractivity contribution is -0.137. The third-order valence-corrected chi connectivity index (χ3v) is 6.40. The first-order valence-electron chi connectivity index (χ1n) is 11.2. The minimum absolute atomic E-state index is 0.0474. The van der Waals surface area contributed by atoms with Crippen molar-refractivity contribution in [1.29, 1.82) is 0 Å². The number of aromatic nitrogens is 3. The van der Waals surface area contributed by atoms with E-state index in [0.717, 1.165) is 10.6 Å². The molecular formula is C23H26F3N7O4S. The number of nitrogens with one attached hydrogen (secondary N) is 3. The summed E-state index contributed by atoms with van der Waals surface area (Å²) in [5, 5.41) is 16.9. The van der Waals surface area contributed by atoms with Crippen molar-refractivity contribution in [3.05, 3.63) is 65.5 Å². The average molecular weight is 554 g/mol. The van der Waals surface area contributed by atoms with E-state index < -0.39 is 27.6 Å². The third-order valence-electron chi connectivity index (χ3n) is 5.23. The molecule has 0 unspecified atom stereocenters. The second-order valence-corrected chi connectivity index (χ2v) is 10.1. The van der Waals surface area contributed by atoms with Crippen LogP contribution in [-0.2, 0) is 22.7 Å². The molecule has 11 nitrogen and oxygen atoms in total. The summed E-state index contributed by atoms with van der Waals surface area (Å²) in [7, 11) is -2.37. The molecule has 0 fully saturated rings. The van der Waals surface area contributed by atoms with Gasteiger partial charge in [0.2, 0.25) is 16.0 Å². The lowest BCUT2D eigenvalue weighted by Gasteiger charge is -2.20. The Labute approximate surface area is 217 Å². The molecule has 0 radical (unpaired) electrons. The van der Waals surface area contributed by atoms with E-state index in [4.69, 9.17) is 5.11 Å². The number of hydrogen-bond donors (Lipinski definition) is 4. The predicted molar refractivity (Wildman–Crippen MR) is 136 cm³/mol. The normalized spacial score (nSPS) is 11.6. The summed E-state index contributed by atoms with van der Waals surface area (Å²) < 4.78 is 65.7. The van der Waals surface area contributed by atoms with Crippen LogP contribution in [0.4, 0.5) is 36.4 Å². The Morgan fingerprint density at radius 2 is 1.84 bits per heavy atom. The Morgan fingerprint density at radius 3 is 2.47 bits per heavy atom. The monoisotopic (exact) mass is 553 g/mol. The molecular weight excluding hydrogens is 527 g/mol. The summed E-state index contributed by atoms with van der Waals surface area (Å²) in [6.45, 7) is 0.0620. The average Bonchev–Trinajstić information content (AvgIpc) is 2.86. The van der Waals surface area contributed by atoms with Crippen LogP contribution in [0.2, 0.25) is 0 Å². The van der Waals surface area contributed by atoms with Crippen LogP contribution in [0, 0.1) is 0 Å². The first-order valence-corrected chi connectivity index (χ1v) is 13.1. The van der Waals surface area contributed by atoms with E-state index in [0.29, 0.717) is 36.0 Å². The molecule has 0 saturated carbocycles. The fourth-order valence-electron chi connectivity index (χ4n) is 3.19. The summed E-state index contributed by atoms with van der Waals surface area (Å²) in [6, 6.07) is 9.18. The van der Waals surface area contributed by atoms with Crippen LogP contribution in [0.25, 0.3) is 0 Å². The van der Waals surface area contributed by atoms with E-state index in [1.165, 1.54) is 49.6 Å². The van der Waals surface area contributed by atoms with Crippen molar-refractivity contribution in [1.82, 2.24) is 20.3 Å². The largest absolute Gasteiger partial charge is 0.421 e. The van der Waals surface area contributed by atoms with Gasteiger partial charge in [0.25, 0.3) is 5.91 Å². The molecule has 0 saturated heterocycles. The van der Waals surface area contributed by atoms with E-state index in [9.17, 15) is 26.4 Å². The molecule has 4 N–H and O–H groups in total. The molecule has 2 aromatic heterocycles. The predicted octanol–water partition coefficient (Wildman–Crippen LogP) is 2.75. The van der Waals surface area contributed by atoms with Gasteiger partial charge in [-0.15, -0.1) is 0 Å². The number of benzene rings is 1. The molecule has 204 valence electrons. The molecule has 3 aromatic rings. The number of halogens is 3. The number of pyridine rings is 1. The summed E-state index contributed by atoms with van der Waals surface area (Å²) in [6.07, 6.45) is -1.35. The molecule has 0 bridgehead atoms. The number of carbonyl (C=O) groups excluding carboxylic acids is 1. The molecule has 38 heavy (non-hydrogen) atoms. The highest BCUT2D eigenvalue weighted by Crippen LogP contribution is 2.34. The zero-order valence-corrected chi connectivity index (χ0v) is 21.3. The molecule has 0 aliphatic carbocycles. The van der Waals surface area contributed by atoms with E-state index in [1.807, 2.05) is 0 Å². The number of amides is 1. The van der Waals surface area contributed by atoms with Gasteiger partial charge in [-0.3, -0.25) is 9.10 Å². The lowest BCUT2D eigenvalue weighted by atomic mass is 10.2. The number of nitrogens with zero attached hydrogens (tertiary/aromatic N) is 4. The highest BCUT2D eigenvalue weighted by molar-refractivity contribution is 7.92. The molecule has 2 heterocycles. The van der Waals surface area contributed by atoms with Crippen LogP contribution in [-0.4, -0.2) is 60.8 Å². The molecule has 0 spiro atoms. The van der Waals surface area contributed by atoms with Crippen LogP contribution in [0.5, 0.6) is 0 Å². The number of aliphatic hydroxyl groups is 1. The number of anilines is 4. The van der Waals surface area contributed by atoms with Crippen molar-refractivity contribution in [3.8, 4) is 0 Å². The quantitative estimate of drug-likeness (QED) is 0.263. The summed E-state index contributed by atoms with van der Waals surface area (Å²) in [5.74, 6) is -0.936. The number of carbonyl (C=O) groups is 1. The van der Waals surface area contributed by atoms with Gasteiger partial charge in [0.1, 0.15) is 17.2 Å². The van der Waals surface area contributed by atoms with Gasteiger partial charge in [0.15, 0.2) is 0 Å². The van der Waals surface area contributed by atoms with Gasteiger partial charge < -0.3 is 21.1 Å². The molecule has 1 amide bonds. The van der Waals surface area contributed by atoms with Gasteiger partial charge in [0.05, 0.1) is 6.26 Å². The van der Waals surface area contributed by atoms with Crippen LogP contribution in [0.3, 0.4) is 0 Å². The van der Waals surface area contributed by atoms with Crippen molar-refractivity contribution < 1.29 is 31.5 Å². The smallest absolute Gasteiger partial charge is 0.396 e. The van der Waals surface area contributed by atoms with Crippen molar-refractivity contribution >= 4 is 39.2 Å². The number of alkyl halides is 3. The van der Waals surface area contributed by atoms with Crippen LogP contribution < -0.4 is 20.3 Å². The fraction of sp³-hybridized carbons (Fsp3) is 0.304. The van der Waals surface area contributed by atoms with Gasteiger partial charge in [-0.05, 0) is 36.8 Å². The molecule has 0 aliphatic heterocycles. The van der Waals surface area contributed by atoms with Crippen LogP contribution >= 0.6 is 0 Å². The molecule has 15 heteroatoms. The maximum Gasteiger partial charge on any atom is 0.421 e. The van der Waals surface area contributed by atoms with Crippen molar-refractivity contribution in [2.24, 2.45) is 0 Å². The third kappa shape index (κ3) is 7.52. The Kier molecular flexibility index (Phi) is 9.06. The Hall–Kier alpha value is -3.98. The first kappa shape index (κ1) is 28.6. The van der Waals surface area contributed by atoms with Gasteiger partial charge >= 0.3 is 6.18 Å². The number of sulfonamides is 1. The highest BCUT2D eigenvalue weighted by Gasteiger charge is 2.35.